The van der Waals surface area contributed by atoms with Crippen molar-refractivity contribution in [2.75, 3.05) is 20.2 Å². The maximum Gasteiger partial charge on any atom is 0.226 e. The van der Waals surface area contributed by atoms with Crippen molar-refractivity contribution < 1.29 is 9.53 Å². The molecule has 122 valence electrons. The topological polar surface area (TPSA) is 29.5 Å². The second kappa shape index (κ2) is 7.64. The van der Waals surface area contributed by atoms with Crippen molar-refractivity contribution in [3.63, 3.8) is 0 Å². The lowest BCUT2D eigenvalue weighted by atomic mass is 9.92. The van der Waals surface area contributed by atoms with Crippen LogP contribution in [0.2, 0.25) is 0 Å². The number of likely N-dealkylation sites (tertiary alicyclic amines) is 1. The lowest BCUT2D eigenvalue weighted by Crippen LogP contribution is -2.39. The highest BCUT2D eigenvalue weighted by Gasteiger charge is 2.23. The molecule has 1 aromatic carbocycles. The summed E-state index contributed by atoms with van der Waals surface area (Å²) in [7, 11) is 1.65. The molecule has 0 unspecified atom stereocenters. The van der Waals surface area contributed by atoms with Gasteiger partial charge in [0.1, 0.15) is 5.75 Å². The van der Waals surface area contributed by atoms with Crippen LogP contribution in [0.1, 0.15) is 23.3 Å². The molecule has 0 aliphatic carbocycles. The predicted molar refractivity (Wildman–Crippen MR) is 94.0 cm³/mol. The Morgan fingerprint density at radius 1 is 1.22 bits per heavy atom. The SMILES string of the molecule is COc1ccc(CC(=O)N2CCC(Cc3cccs3)CC2)cc1. The van der Waals surface area contributed by atoms with Crippen molar-refractivity contribution in [1.82, 2.24) is 4.90 Å². The molecule has 0 N–H and O–H groups in total. The van der Waals surface area contributed by atoms with Gasteiger partial charge in [0.25, 0.3) is 0 Å². The average Bonchev–Trinajstić information content (AvgIpc) is 3.09. The molecule has 1 amide bonds. The molecule has 0 bridgehead atoms. The zero-order chi connectivity index (χ0) is 16.1. The van der Waals surface area contributed by atoms with E-state index in [1.807, 2.05) is 40.5 Å². The Labute approximate surface area is 141 Å². The Morgan fingerprint density at radius 2 is 1.96 bits per heavy atom. The average molecular weight is 329 g/mol. The second-order valence-electron chi connectivity index (χ2n) is 6.13. The van der Waals surface area contributed by atoms with E-state index in [9.17, 15) is 4.79 Å². The first-order valence-corrected chi connectivity index (χ1v) is 9.05. The summed E-state index contributed by atoms with van der Waals surface area (Å²) < 4.78 is 5.15. The third-order valence-electron chi connectivity index (χ3n) is 4.55. The van der Waals surface area contributed by atoms with Crippen LogP contribution in [-0.4, -0.2) is 31.0 Å². The van der Waals surface area contributed by atoms with E-state index in [1.165, 1.54) is 4.88 Å². The summed E-state index contributed by atoms with van der Waals surface area (Å²) >= 11 is 1.84. The van der Waals surface area contributed by atoms with E-state index >= 15 is 0 Å². The van der Waals surface area contributed by atoms with Crippen molar-refractivity contribution in [2.24, 2.45) is 5.92 Å². The lowest BCUT2D eigenvalue weighted by Gasteiger charge is -2.32. The normalized spacial score (nSPS) is 15.6. The molecule has 1 aliphatic rings. The molecule has 2 aromatic rings. The van der Waals surface area contributed by atoms with Crippen LogP contribution in [-0.2, 0) is 17.6 Å². The van der Waals surface area contributed by atoms with Crippen LogP contribution < -0.4 is 4.74 Å². The van der Waals surface area contributed by atoms with Gasteiger partial charge in [-0.05, 0) is 54.3 Å². The molecule has 1 saturated heterocycles. The summed E-state index contributed by atoms with van der Waals surface area (Å²) in [5.74, 6) is 1.79. The molecular formula is C19H23NO2S. The van der Waals surface area contributed by atoms with Crippen LogP contribution in [0.5, 0.6) is 5.75 Å². The van der Waals surface area contributed by atoms with Gasteiger partial charge in [-0.1, -0.05) is 18.2 Å². The maximum absolute atomic E-state index is 12.4. The van der Waals surface area contributed by atoms with Gasteiger partial charge in [0.2, 0.25) is 5.91 Å². The standard InChI is InChI=1S/C19H23NO2S/c1-22-17-6-4-15(5-7-17)14-19(21)20-10-8-16(9-11-20)13-18-3-2-12-23-18/h2-7,12,16H,8-11,13-14H2,1H3. The Morgan fingerprint density at radius 3 is 2.57 bits per heavy atom. The number of nitrogens with zero attached hydrogens (tertiary/aromatic N) is 1. The molecule has 1 fully saturated rings. The van der Waals surface area contributed by atoms with Gasteiger partial charge in [-0.15, -0.1) is 11.3 Å². The number of carbonyl (C=O) groups is 1. The van der Waals surface area contributed by atoms with E-state index in [0.717, 1.165) is 49.6 Å². The zero-order valence-electron chi connectivity index (χ0n) is 13.5. The molecular weight excluding hydrogens is 306 g/mol. The molecule has 0 atom stereocenters. The van der Waals surface area contributed by atoms with Crippen LogP contribution in [0.4, 0.5) is 0 Å². The van der Waals surface area contributed by atoms with E-state index in [4.69, 9.17) is 4.74 Å². The molecule has 1 aromatic heterocycles. The Hall–Kier alpha value is -1.81. The van der Waals surface area contributed by atoms with Crippen molar-refractivity contribution in [1.29, 1.82) is 0 Å². The Balaban J connectivity index is 1.47. The quantitative estimate of drug-likeness (QED) is 0.835. The number of rotatable bonds is 5. The van der Waals surface area contributed by atoms with Crippen LogP contribution in [0.15, 0.2) is 41.8 Å². The van der Waals surface area contributed by atoms with E-state index in [2.05, 4.69) is 17.5 Å². The third kappa shape index (κ3) is 4.35. The van der Waals surface area contributed by atoms with E-state index < -0.39 is 0 Å². The molecule has 2 heterocycles. The van der Waals surface area contributed by atoms with Gasteiger partial charge >= 0.3 is 0 Å². The molecule has 3 nitrogen and oxygen atoms in total. The van der Waals surface area contributed by atoms with Gasteiger partial charge in [0.15, 0.2) is 0 Å². The fourth-order valence-corrected chi connectivity index (χ4v) is 3.95. The number of methoxy groups -OCH3 is 1. The number of ether oxygens (including phenoxy) is 1. The first-order valence-electron chi connectivity index (χ1n) is 8.17. The van der Waals surface area contributed by atoms with Crippen molar-refractivity contribution in [2.45, 2.75) is 25.7 Å². The van der Waals surface area contributed by atoms with E-state index in [-0.39, 0.29) is 5.91 Å². The monoisotopic (exact) mass is 329 g/mol. The molecule has 1 aliphatic heterocycles. The Bertz CT molecular complexity index is 613. The number of hydrogen-bond donors (Lipinski definition) is 0. The van der Waals surface area contributed by atoms with Gasteiger partial charge < -0.3 is 9.64 Å². The molecule has 0 radical (unpaired) electrons. The van der Waals surface area contributed by atoms with E-state index in [0.29, 0.717) is 6.42 Å². The van der Waals surface area contributed by atoms with Crippen molar-refractivity contribution in [3.05, 3.63) is 52.2 Å². The molecule has 0 spiro atoms. The number of benzene rings is 1. The highest BCUT2D eigenvalue weighted by molar-refractivity contribution is 7.09. The summed E-state index contributed by atoms with van der Waals surface area (Å²) in [5, 5.41) is 2.14. The lowest BCUT2D eigenvalue weighted by molar-refractivity contribution is -0.131. The van der Waals surface area contributed by atoms with Crippen LogP contribution in [0, 0.1) is 5.92 Å². The molecule has 0 saturated carbocycles. The highest BCUT2D eigenvalue weighted by atomic mass is 32.1. The van der Waals surface area contributed by atoms with Crippen LogP contribution in [0.3, 0.4) is 0 Å². The minimum atomic E-state index is 0.241. The van der Waals surface area contributed by atoms with Gasteiger partial charge in [0, 0.05) is 18.0 Å². The summed E-state index contributed by atoms with van der Waals surface area (Å²) in [5.41, 5.74) is 1.05. The number of carbonyl (C=O) groups excluding carboxylic acids is 1. The van der Waals surface area contributed by atoms with Gasteiger partial charge in [-0.25, -0.2) is 0 Å². The first-order chi connectivity index (χ1) is 11.2. The zero-order valence-corrected chi connectivity index (χ0v) is 14.3. The van der Waals surface area contributed by atoms with Gasteiger partial charge in [0.05, 0.1) is 13.5 Å². The summed E-state index contributed by atoms with van der Waals surface area (Å²) in [6.07, 6.45) is 3.89. The smallest absolute Gasteiger partial charge is 0.226 e. The summed E-state index contributed by atoms with van der Waals surface area (Å²) in [6.45, 7) is 1.79. The minimum absolute atomic E-state index is 0.241. The van der Waals surface area contributed by atoms with Crippen molar-refractivity contribution >= 4 is 17.2 Å². The third-order valence-corrected chi connectivity index (χ3v) is 5.45. The fourth-order valence-electron chi connectivity index (χ4n) is 3.13. The molecule has 4 heteroatoms. The number of piperidine rings is 1. The summed E-state index contributed by atoms with van der Waals surface area (Å²) in [6, 6.07) is 12.1. The Kier molecular flexibility index (Phi) is 5.34. The first kappa shape index (κ1) is 16.1. The number of hydrogen-bond acceptors (Lipinski definition) is 3. The fraction of sp³-hybridized carbons (Fsp3) is 0.421. The molecule has 23 heavy (non-hydrogen) atoms. The second-order valence-corrected chi connectivity index (χ2v) is 7.16. The van der Waals surface area contributed by atoms with Gasteiger partial charge in [-0.2, -0.15) is 0 Å². The highest BCUT2D eigenvalue weighted by Crippen LogP contribution is 2.24. The van der Waals surface area contributed by atoms with Gasteiger partial charge in [-0.3, -0.25) is 4.79 Å². The van der Waals surface area contributed by atoms with Crippen molar-refractivity contribution in [3.8, 4) is 5.75 Å². The predicted octanol–water partition coefficient (Wildman–Crippen LogP) is 3.78. The van der Waals surface area contributed by atoms with E-state index in [1.54, 1.807) is 7.11 Å². The largest absolute Gasteiger partial charge is 0.497 e. The van der Waals surface area contributed by atoms with Crippen LogP contribution >= 0.6 is 11.3 Å². The summed E-state index contributed by atoms with van der Waals surface area (Å²) in [4.78, 5) is 15.9. The van der Waals surface area contributed by atoms with Crippen LogP contribution in [0.25, 0.3) is 0 Å². The minimum Gasteiger partial charge on any atom is -0.497 e. The molecule has 3 rings (SSSR count). The maximum atomic E-state index is 12.4. The number of thiophene rings is 1. The number of amides is 1.